The number of ketones is 2. The summed E-state index contributed by atoms with van der Waals surface area (Å²) in [4.78, 5) is 35.0. The summed E-state index contributed by atoms with van der Waals surface area (Å²) in [7, 11) is 2.03. The summed E-state index contributed by atoms with van der Waals surface area (Å²) in [5, 5.41) is 0. The lowest BCUT2D eigenvalue weighted by atomic mass is 9.92. The van der Waals surface area contributed by atoms with Gasteiger partial charge < -0.3 is 10.6 Å². The normalized spacial score (nSPS) is 14.4. The molecule has 2 N–H and O–H groups in total. The molecular formula is C33H37FN2O3. The lowest BCUT2D eigenvalue weighted by molar-refractivity contribution is -0.132. The predicted octanol–water partition coefficient (Wildman–Crippen LogP) is 6.25. The van der Waals surface area contributed by atoms with Crippen molar-refractivity contribution in [3.05, 3.63) is 106 Å². The van der Waals surface area contributed by atoms with E-state index < -0.39 is 5.41 Å². The quantitative estimate of drug-likeness (QED) is 0.397. The minimum absolute atomic E-state index is 0.0370. The fraction of sp³-hybridized carbons (Fsp3) is 0.303. The van der Waals surface area contributed by atoms with E-state index in [-0.39, 0.29) is 23.3 Å². The van der Waals surface area contributed by atoms with Crippen molar-refractivity contribution in [2.45, 2.75) is 47.0 Å². The van der Waals surface area contributed by atoms with Gasteiger partial charge in [0, 0.05) is 30.4 Å². The highest BCUT2D eigenvalue weighted by Crippen LogP contribution is 2.47. The minimum atomic E-state index is -0.528. The topological polar surface area (TPSA) is 80.5 Å². The third-order valence-electron chi connectivity index (χ3n) is 7.27. The molecular weight excluding hydrogens is 491 g/mol. The van der Waals surface area contributed by atoms with E-state index in [1.54, 1.807) is 12.1 Å². The summed E-state index contributed by atoms with van der Waals surface area (Å²) in [6.07, 6.45) is 4.71. The van der Waals surface area contributed by atoms with Gasteiger partial charge in [0.05, 0.1) is 5.41 Å². The van der Waals surface area contributed by atoms with Crippen LogP contribution in [0.25, 0.3) is 5.57 Å². The average molecular weight is 529 g/mol. The van der Waals surface area contributed by atoms with Crippen LogP contribution in [0.3, 0.4) is 0 Å². The Morgan fingerprint density at radius 1 is 0.872 bits per heavy atom. The Morgan fingerprint density at radius 3 is 1.85 bits per heavy atom. The van der Waals surface area contributed by atoms with E-state index in [2.05, 4.69) is 42.2 Å². The van der Waals surface area contributed by atoms with Crippen molar-refractivity contribution in [3.8, 4) is 0 Å². The maximum Gasteiger partial charge on any atom is 0.248 e. The molecule has 5 nitrogen and oxygen atoms in total. The molecule has 1 fully saturated rings. The molecule has 3 aromatic carbocycles. The molecule has 0 saturated heterocycles. The number of hydrogen-bond donors (Lipinski definition) is 1. The molecule has 1 heterocycles. The van der Waals surface area contributed by atoms with Gasteiger partial charge in [-0.3, -0.25) is 14.4 Å². The lowest BCUT2D eigenvalue weighted by Gasteiger charge is -2.28. The molecule has 3 aromatic rings. The van der Waals surface area contributed by atoms with Gasteiger partial charge >= 0.3 is 0 Å². The van der Waals surface area contributed by atoms with Crippen LogP contribution < -0.4 is 10.6 Å². The molecule has 1 aliphatic heterocycles. The Balaban J connectivity index is 0.000000202. The van der Waals surface area contributed by atoms with E-state index in [1.807, 2.05) is 32.2 Å². The second-order valence-electron chi connectivity index (χ2n) is 10.4. The van der Waals surface area contributed by atoms with E-state index in [0.29, 0.717) is 5.56 Å². The van der Waals surface area contributed by atoms with Gasteiger partial charge in [0.25, 0.3) is 0 Å². The Kier molecular flexibility index (Phi) is 9.57. The van der Waals surface area contributed by atoms with Crippen LogP contribution in [0.15, 0.2) is 72.8 Å². The number of primary amides is 1. The first-order valence-electron chi connectivity index (χ1n) is 13.1. The molecule has 5 rings (SSSR count). The van der Waals surface area contributed by atoms with Crippen molar-refractivity contribution < 1.29 is 18.8 Å². The number of rotatable bonds is 5. The van der Waals surface area contributed by atoms with E-state index >= 15 is 0 Å². The number of nitrogens with two attached hydrogens (primary N) is 1. The predicted molar refractivity (Wildman–Crippen MR) is 155 cm³/mol. The molecule has 0 spiro atoms. The zero-order valence-corrected chi connectivity index (χ0v) is 23.4. The highest BCUT2D eigenvalue weighted by atomic mass is 19.1. The van der Waals surface area contributed by atoms with Gasteiger partial charge in [-0.05, 0) is 82.4 Å². The van der Waals surface area contributed by atoms with E-state index in [0.717, 1.165) is 37.1 Å². The number of halogens is 1. The summed E-state index contributed by atoms with van der Waals surface area (Å²) in [5.41, 5.74) is 12.6. The molecule has 0 aromatic heterocycles. The summed E-state index contributed by atoms with van der Waals surface area (Å²) in [5.74, 6) is -0.480. The SMILES string of the molecule is CC(=O)C1(C(C)=O)CC1.Cc1ccc(CC2=CCN(C)c3cc(C(N)=O)ccc32)cc1.Cc1ccc(F)cc1. The number of nitrogens with zero attached hydrogens (tertiary/aromatic N) is 1. The van der Waals surface area contributed by atoms with Crippen LogP contribution in [0.2, 0.25) is 0 Å². The van der Waals surface area contributed by atoms with Gasteiger partial charge in [0.2, 0.25) is 5.91 Å². The second kappa shape index (κ2) is 12.7. The minimum Gasteiger partial charge on any atom is -0.370 e. The molecule has 39 heavy (non-hydrogen) atoms. The number of hydrogen-bond acceptors (Lipinski definition) is 4. The zero-order valence-electron chi connectivity index (χ0n) is 23.4. The van der Waals surface area contributed by atoms with E-state index in [4.69, 9.17) is 5.73 Å². The van der Waals surface area contributed by atoms with Gasteiger partial charge in [-0.25, -0.2) is 4.39 Å². The first kappa shape index (κ1) is 29.5. The number of aryl methyl sites for hydroxylation is 2. The smallest absolute Gasteiger partial charge is 0.248 e. The van der Waals surface area contributed by atoms with Crippen LogP contribution in [0, 0.1) is 25.1 Å². The number of carbonyl (C=O) groups is 3. The number of benzene rings is 3. The molecule has 0 bridgehead atoms. The first-order valence-corrected chi connectivity index (χ1v) is 13.1. The van der Waals surface area contributed by atoms with Crippen LogP contribution in [0.5, 0.6) is 0 Å². The van der Waals surface area contributed by atoms with Crippen LogP contribution in [0.1, 0.15) is 59.3 Å². The Morgan fingerprint density at radius 2 is 1.41 bits per heavy atom. The third kappa shape index (κ3) is 7.73. The maximum atomic E-state index is 12.1. The summed E-state index contributed by atoms with van der Waals surface area (Å²) in [6.45, 7) is 7.86. The molecule has 0 unspecified atom stereocenters. The number of amides is 1. The van der Waals surface area contributed by atoms with Crippen LogP contribution in [-0.2, 0) is 16.0 Å². The Labute approximate surface area is 230 Å². The number of fused-ring (bicyclic) bond motifs is 1. The number of anilines is 1. The lowest BCUT2D eigenvalue weighted by Crippen LogP contribution is -2.23. The number of allylic oxidation sites excluding steroid dienone is 1. The maximum absolute atomic E-state index is 12.1. The number of likely N-dealkylation sites (N-methyl/N-ethyl adjacent to an activating group) is 1. The highest BCUT2D eigenvalue weighted by molar-refractivity contribution is 6.07. The van der Waals surface area contributed by atoms with Crippen molar-refractivity contribution in [2.24, 2.45) is 11.1 Å². The average Bonchev–Trinajstić information content (AvgIpc) is 3.72. The Bertz CT molecular complexity index is 1330. The third-order valence-corrected chi connectivity index (χ3v) is 7.27. The van der Waals surface area contributed by atoms with Crippen molar-refractivity contribution in [1.82, 2.24) is 0 Å². The highest BCUT2D eigenvalue weighted by Gasteiger charge is 2.51. The van der Waals surface area contributed by atoms with Gasteiger partial charge in [-0.2, -0.15) is 0 Å². The van der Waals surface area contributed by atoms with Gasteiger partial charge in [0.15, 0.2) is 0 Å². The monoisotopic (exact) mass is 528 g/mol. The summed E-state index contributed by atoms with van der Waals surface area (Å²) >= 11 is 0. The van der Waals surface area contributed by atoms with E-state index in [9.17, 15) is 18.8 Å². The molecule has 1 saturated carbocycles. The largest absolute Gasteiger partial charge is 0.370 e. The van der Waals surface area contributed by atoms with Gasteiger partial charge in [0.1, 0.15) is 17.4 Å². The van der Waals surface area contributed by atoms with Crippen molar-refractivity contribution in [3.63, 3.8) is 0 Å². The molecule has 0 atom stereocenters. The molecule has 1 amide bonds. The van der Waals surface area contributed by atoms with Gasteiger partial charge in [-0.1, -0.05) is 59.7 Å². The van der Waals surface area contributed by atoms with Crippen LogP contribution in [-0.4, -0.2) is 31.1 Å². The molecule has 0 radical (unpaired) electrons. The first-order chi connectivity index (χ1) is 18.4. The van der Waals surface area contributed by atoms with Crippen LogP contribution in [0.4, 0.5) is 10.1 Å². The van der Waals surface area contributed by atoms with Crippen molar-refractivity contribution in [1.29, 1.82) is 0 Å². The molecule has 6 heteroatoms. The zero-order chi connectivity index (χ0) is 28.7. The fourth-order valence-corrected chi connectivity index (χ4v) is 4.43. The van der Waals surface area contributed by atoms with E-state index in [1.165, 1.54) is 48.2 Å². The van der Waals surface area contributed by atoms with Crippen molar-refractivity contribution in [2.75, 3.05) is 18.5 Å². The van der Waals surface area contributed by atoms with Crippen LogP contribution >= 0.6 is 0 Å². The Hall–Kier alpha value is -4.06. The molecule has 1 aliphatic carbocycles. The molecule has 204 valence electrons. The fourth-order valence-electron chi connectivity index (χ4n) is 4.43. The standard InChI is InChI=1S/C19H20N2O.C7H7F.C7H10O2/c1-13-3-5-14(6-4-13)11-15-9-10-21(2)18-12-16(19(20)22)7-8-17(15)18;1-6-2-4-7(8)5-3-6;1-5(8)7(3-4-7)6(2)9/h3-9,12H,10-11H2,1-2H3,(H2,20,22);2-5H,1H3;3-4H2,1-2H3. The summed E-state index contributed by atoms with van der Waals surface area (Å²) < 4.78 is 12.1. The second-order valence-corrected chi connectivity index (χ2v) is 10.4. The summed E-state index contributed by atoms with van der Waals surface area (Å²) in [6, 6.07) is 20.7. The van der Waals surface area contributed by atoms with Crippen molar-refractivity contribution >= 4 is 28.7 Å². The molecule has 2 aliphatic rings. The van der Waals surface area contributed by atoms with Gasteiger partial charge in [-0.15, -0.1) is 0 Å². The number of Topliss-reactive ketones (excluding diaryl/α,β-unsaturated/α-hetero) is 2. The number of carbonyl (C=O) groups excluding carboxylic acids is 3.